The average molecular weight is 537 g/mol. The minimum absolute atomic E-state index is 0.292. The minimum Gasteiger partial charge on any atom is -0.278 e. The van der Waals surface area contributed by atoms with Crippen LogP contribution in [0.5, 0.6) is 0 Å². The van der Waals surface area contributed by atoms with Crippen molar-refractivity contribution < 1.29 is 14.4 Å². The highest BCUT2D eigenvalue weighted by molar-refractivity contribution is 6.01. The lowest BCUT2D eigenvalue weighted by Gasteiger charge is -2.06. The fraction of sp³-hybridized carbons (Fsp3) is 0.909. The molecule has 0 aromatic heterocycles. The van der Waals surface area contributed by atoms with Gasteiger partial charge in [-0.3, -0.25) is 20.2 Å². The number of hydrogen-bond acceptors (Lipinski definition) is 3. The molecular formula is C33H64N2O3. The molecular weight excluding hydrogens is 472 g/mol. The van der Waals surface area contributed by atoms with Crippen molar-refractivity contribution in [1.82, 2.24) is 10.6 Å². The maximum Gasteiger partial charge on any atom is 0.328 e. The lowest BCUT2D eigenvalue weighted by atomic mass is 10.0. The molecule has 0 rings (SSSR count). The summed E-state index contributed by atoms with van der Waals surface area (Å²) in [4.78, 5) is 35.7. The van der Waals surface area contributed by atoms with Gasteiger partial charge in [-0.2, -0.15) is 0 Å². The van der Waals surface area contributed by atoms with Gasteiger partial charge in [-0.15, -0.1) is 0 Å². The second kappa shape index (κ2) is 30.2. The molecule has 224 valence electrons. The number of carbonyl (C=O) groups excluding carboxylic acids is 3. The normalized spacial score (nSPS) is 11.0. The van der Waals surface area contributed by atoms with E-state index in [4.69, 9.17) is 0 Å². The molecule has 0 aliphatic heterocycles. The van der Waals surface area contributed by atoms with Crippen molar-refractivity contribution in [2.75, 3.05) is 0 Å². The molecule has 0 aliphatic rings. The van der Waals surface area contributed by atoms with Gasteiger partial charge in [-0.05, 0) is 12.8 Å². The van der Waals surface area contributed by atoms with Gasteiger partial charge in [0.25, 0.3) is 0 Å². The molecule has 0 heterocycles. The largest absolute Gasteiger partial charge is 0.328 e. The summed E-state index contributed by atoms with van der Waals surface area (Å²) in [5.41, 5.74) is 0. The van der Waals surface area contributed by atoms with Crippen LogP contribution in [0, 0.1) is 0 Å². The zero-order valence-corrected chi connectivity index (χ0v) is 25.5. The second-order valence-corrected chi connectivity index (χ2v) is 11.4. The van der Waals surface area contributed by atoms with Crippen molar-refractivity contribution in [1.29, 1.82) is 0 Å². The van der Waals surface area contributed by atoms with Crippen LogP contribution in [0.3, 0.4) is 0 Å². The molecule has 0 aromatic rings. The molecule has 0 unspecified atom stereocenters. The fourth-order valence-electron chi connectivity index (χ4n) is 5.02. The number of rotatable bonds is 28. The Morgan fingerprint density at radius 2 is 0.553 bits per heavy atom. The van der Waals surface area contributed by atoms with Gasteiger partial charge in [-0.25, -0.2) is 4.79 Å². The first-order valence-electron chi connectivity index (χ1n) is 16.7. The van der Waals surface area contributed by atoms with E-state index in [-0.39, 0.29) is 11.8 Å². The van der Waals surface area contributed by atoms with Crippen LogP contribution in [-0.4, -0.2) is 17.8 Å². The standard InChI is InChI=1S/C33H64N2O3/c1-3-5-7-9-11-13-15-17-19-21-23-25-27-29-31(36)34-33(38)35-32(37)30-28-26-24-22-20-18-16-14-12-10-8-6-4-2/h3-30H2,1-2H3,(H2,34,35,36,37,38). The van der Waals surface area contributed by atoms with Crippen molar-refractivity contribution >= 4 is 17.8 Å². The number of carbonyl (C=O) groups is 3. The number of hydrogen-bond donors (Lipinski definition) is 2. The van der Waals surface area contributed by atoms with Crippen LogP contribution >= 0.6 is 0 Å². The van der Waals surface area contributed by atoms with Crippen LogP contribution in [0.25, 0.3) is 0 Å². The lowest BCUT2D eigenvalue weighted by molar-refractivity contribution is -0.120. The third kappa shape index (κ3) is 29.2. The van der Waals surface area contributed by atoms with E-state index in [0.717, 1.165) is 38.5 Å². The summed E-state index contributed by atoms with van der Waals surface area (Å²) in [7, 11) is 0. The molecule has 5 heteroatoms. The Hall–Kier alpha value is -1.39. The number of amides is 4. The second-order valence-electron chi connectivity index (χ2n) is 11.4. The average Bonchev–Trinajstić information content (AvgIpc) is 2.89. The smallest absolute Gasteiger partial charge is 0.278 e. The van der Waals surface area contributed by atoms with Crippen molar-refractivity contribution in [2.24, 2.45) is 0 Å². The van der Waals surface area contributed by atoms with Gasteiger partial charge in [0.15, 0.2) is 0 Å². The molecule has 0 aliphatic carbocycles. The van der Waals surface area contributed by atoms with Gasteiger partial charge in [-0.1, -0.05) is 168 Å². The zero-order chi connectivity index (χ0) is 27.9. The van der Waals surface area contributed by atoms with Gasteiger partial charge in [0.2, 0.25) is 11.8 Å². The maximum atomic E-state index is 11.9. The fourth-order valence-corrected chi connectivity index (χ4v) is 5.02. The van der Waals surface area contributed by atoms with Crippen molar-refractivity contribution in [3.63, 3.8) is 0 Å². The molecule has 38 heavy (non-hydrogen) atoms. The summed E-state index contributed by atoms with van der Waals surface area (Å²) < 4.78 is 0. The molecule has 0 fully saturated rings. The summed E-state index contributed by atoms with van der Waals surface area (Å²) in [6.07, 6.45) is 33.4. The molecule has 0 saturated heterocycles. The molecule has 0 atom stereocenters. The van der Waals surface area contributed by atoms with E-state index in [2.05, 4.69) is 24.5 Å². The van der Waals surface area contributed by atoms with Crippen LogP contribution < -0.4 is 10.6 Å². The Kier molecular flexibility index (Phi) is 29.1. The first-order valence-corrected chi connectivity index (χ1v) is 16.7. The molecule has 0 radical (unpaired) electrons. The van der Waals surface area contributed by atoms with Crippen LogP contribution in [0.4, 0.5) is 4.79 Å². The molecule has 0 spiro atoms. The van der Waals surface area contributed by atoms with E-state index < -0.39 is 6.03 Å². The van der Waals surface area contributed by atoms with Gasteiger partial charge < -0.3 is 0 Å². The van der Waals surface area contributed by atoms with Crippen molar-refractivity contribution in [2.45, 2.75) is 194 Å². The van der Waals surface area contributed by atoms with Gasteiger partial charge in [0.05, 0.1) is 0 Å². The lowest BCUT2D eigenvalue weighted by Crippen LogP contribution is -2.42. The Balaban J connectivity index is 3.42. The summed E-state index contributed by atoms with van der Waals surface area (Å²) in [5, 5.41) is 4.59. The Labute approximate surface area is 236 Å². The van der Waals surface area contributed by atoms with E-state index in [1.54, 1.807) is 0 Å². The number of nitrogens with one attached hydrogen (secondary N) is 2. The third-order valence-corrected chi connectivity index (χ3v) is 7.52. The molecule has 0 bridgehead atoms. The highest BCUT2D eigenvalue weighted by Gasteiger charge is 2.11. The Morgan fingerprint density at radius 1 is 0.342 bits per heavy atom. The predicted molar refractivity (Wildman–Crippen MR) is 162 cm³/mol. The molecule has 0 saturated carbocycles. The summed E-state index contributed by atoms with van der Waals surface area (Å²) >= 11 is 0. The van der Waals surface area contributed by atoms with E-state index in [9.17, 15) is 14.4 Å². The topological polar surface area (TPSA) is 75.3 Å². The maximum absolute atomic E-state index is 11.9. The van der Waals surface area contributed by atoms with E-state index in [1.165, 1.54) is 128 Å². The third-order valence-electron chi connectivity index (χ3n) is 7.52. The van der Waals surface area contributed by atoms with Crippen LogP contribution in [0.15, 0.2) is 0 Å². The van der Waals surface area contributed by atoms with E-state index in [0.29, 0.717) is 12.8 Å². The molecule has 5 nitrogen and oxygen atoms in total. The van der Waals surface area contributed by atoms with Crippen LogP contribution in [0.2, 0.25) is 0 Å². The Bertz CT molecular complexity index is 504. The van der Waals surface area contributed by atoms with Gasteiger partial charge in [0, 0.05) is 12.8 Å². The monoisotopic (exact) mass is 536 g/mol. The van der Waals surface area contributed by atoms with Crippen molar-refractivity contribution in [3.05, 3.63) is 0 Å². The first-order chi connectivity index (χ1) is 18.6. The van der Waals surface area contributed by atoms with Crippen molar-refractivity contribution in [3.8, 4) is 0 Å². The van der Waals surface area contributed by atoms with Crippen LogP contribution in [0.1, 0.15) is 194 Å². The van der Waals surface area contributed by atoms with Gasteiger partial charge >= 0.3 is 6.03 Å². The number of imide groups is 2. The predicted octanol–water partition coefficient (Wildman–Crippen LogP) is 10.3. The highest BCUT2D eigenvalue weighted by atomic mass is 16.2. The quantitative estimate of drug-likeness (QED) is 0.0976. The summed E-state index contributed by atoms with van der Waals surface area (Å²) in [6.45, 7) is 4.52. The van der Waals surface area contributed by atoms with E-state index in [1.807, 2.05) is 0 Å². The molecule has 0 aromatic carbocycles. The highest BCUT2D eigenvalue weighted by Crippen LogP contribution is 2.14. The zero-order valence-electron chi connectivity index (χ0n) is 25.5. The molecule has 4 amide bonds. The number of unbranched alkanes of at least 4 members (excludes halogenated alkanes) is 24. The first kappa shape index (κ1) is 36.6. The summed E-state index contributed by atoms with van der Waals surface area (Å²) in [6, 6.07) is -0.676. The SMILES string of the molecule is CCCCCCCCCCCCCCCC(=O)NC(=O)NC(=O)CCCCCCCCCCCCCCC. The van der Waals surface area contributed by atoms with E-state index >= 15 is 0 Å². The van der Waals surface area contributed by atoms with Gasteiger partial charge in [0.1, 0.15) is 0 Å². The molecule has 2 N–H and O–H groups in total. The summed E-state index contributed by atoms with van der Waals surface area (Å²) in [5.74, 6) is -0.585. The van der Waals surface area contributed by atoms with Crippen LogP contribution in [-0.2, 0) is 9.59 Å². The number of urea groups is 1. The Morgan fingerprint density at radius 3 is 0.789 bits per heavy atom. The minimum atomic E-state index is -0.676.